The first-order valence-electron chi connectivity index (χ1n) is 4.99. The Morgan fingerprint density at radius 2 is 2.06 bits per heavy atom. The van der Waals surface area contributed by atoms with Crippen LogP contribution in [0.4, 0.5) is 5.69 Å². The normalized spacial score (nSPS) is 11.2. The minimum absolute atomic E-state index is 0.250. The van der Waals surface area contributed by atoms with Crippen molar-refractivity contribution in [1.82, 2.24) is 0 Å². The van der Waals surface area contributed by atoms with Crippen molar-refractivity contribution < 1.29 is 8.42 Å². The van der Waals surface area contributed by atoms with Gasteiger partial charge in [-0.25, -0.2) is 8.42 Å². The SMILES string of the molecule is CCC(=N)c1cc(S(C)(=O)=O)ccc1NC. The second-order valence-corrected chi connectivity index (χ2v) is 5.58. The van der Waals surface area contributed by atoms with Crippen molar-refractivity contribution in [3.63, 3.8) is 0 Å². The summed E-state index contributed by atoms with van der Waals surface area (Å²) in [5, 5.41) is 10.7. The van der Waals surface area contributed by atoms with Crippen LogP contribution in [0.5, 0.6) is 0 Å². The zero-order valence-corrected chi connectivity index (χ0v) is 10.5. The van der Waals surface area contributed by atoms with Gasteiger partial charge in [-0.3, -0.25) is 0 Å². The van der Waals surface area contributed by atoms with Crippen LogP contribution in [0.1, 0.15) is 18.9 Å². The van der Waals surface area contributed by atoms with Gasteiger partial charge in [0.1, 0.15) is 0 Å². The van der Waals surface area contributed by atoms with Gasteiger partial charge in [0.05, 0.1) is 4.90 Å². The molecule has 0 unspecified atom stereocenters. The van der Waals surface area contributed by atoms with E-state index in [1.54, 1.807) is 25.2 Å². The highest BCUT2D eigenvalue weighted by Gasteiger charge is 2.12. The van der Waals surface area contributed by atoms with Gasteiger partial charge in [-0.05, 0) is 24.6 Å². The smallest absolute Gasteiger partial charge is 0.175 e. The largest absolute Gasteiger partial charge is 0.388 e. The maximum Gasteiger partial charge on any atom is 0.175 e. The molecule has 0 fully saturated rings. The Balaban J connectivity index is 3.38. The highest BCUT2D eigenvalue weighted by atomic mass is 32.2. The van der Waals surface area contributed by atoms with Gasteiger partial charge in [-0.2, -0.15) is 0 Å². The average molecular weight is 240 g/mol. The summed E-state index contributed by atoms with van der Waals surface area (Å²) in [6.45, 7) is 1.87. The van der Waals surface area contributed by atoms with E-state index in [0.717, 1.165) is 5.69 Å². The van der Waals surface area contributed by atoms with Crippen LogP contribution in [0.2, 0.25) is 0 Å². The summed E-state index contributed by atoms with van der Waals surface area (Å²) in [5.74, 6) is 0. The molecule has 1 aromatic rings. The third kappa shape index (κ3) is 2.61. The van der Waals surface area contributed by atoms with E-state index in [4.69, 9.17) is 5.41 Å². The van der Waals surface area contributed by atoms with Gasteiger partial charge in [0, 0.05) is 30.3 Å². The molecule has 0 saturated heterocycles. The molecule has 5 heteroatoms. The van der Waals surface area contributed by atoms with Crippen LogP contribution in [0.25, 0.3) is 0 Å². The monoisotopic (exact) mass is 240 g/mol. The molecule has 0 radical (unpaired) electrons. The van der Waals surface area contributed by atoms with E-state index in [-0.39, 0.29) is 4.90 Å². The lowest BCUT2D eigenvalue weighted by molar-refractivity contribution is 0.602. The van der Waals surface area contributed by atoms with Gasteiger partial charge in [0.2, 0.25) is 0 Å². The predicted octanol–water partition coefficient (Wildman–Crippen LogP) is 1.91. The highest BCUT2D eigenvalue weighted by Crippen LogP contribution is 2.21. The topological polar surface area (TPSA) is 70.0 Å². The van der Waals surface area contributed by atoms with Crippen molar-refractivity contribution in [2.24, 2.45) is 0 Å². The second kappa shape index (κ2) is 4.65. The van der Waals surface area contributed by atoms with Crippen molar-refractivity contribution in [3.05, 3.63) is 23.8 Å². The van der Waals surface area contributed by atoms with E-state index in [1.807, 2.05) is 6.92 Å². The Kier molecular flexibility index (Phi) is 3.70. The highest BCUT2D eigenvalue weighted by molar-refractivity contribution is 7.90. The molecule has 1 aromatic carbocycles. The Bertz CT molecular complexity index is 507. The molecule has 2 N–H and O–H groups in total. The zero-order valence-electron chi connectivity index (χ0n) is 9.66. The van der Waals surface area contributed by atoms with Gasteiger partial charge < -0.3 is 10.7 Å². The summed E-state index contributed by atoms with van der Waals surface area (Å²) >= 11 is 0. The minimum Gasteiger partial charge on any atom is -0.388 e. The van der Waals surface area contributed by atoms with Gasteiger partial charge in [-0.1, -0.05) is 6.92 Å². The Morgan fingerprint density at radius 1 is 1.44 bits per heavy atom. The molecule has 0 heterocycles. The summed E-state index contributed by atoms with van der Waals surface area (Å²) in [6, 6.07) is 4.79. The number of anilines is 1. The van der Waals surface area contributed by atoms with Crippen molar-refractivity contribution in [3.8, 4) is 0 Å². The van der Waals surface area contributed by atoms with E-state index in [2.05, 4.69) is 5.32 Å². The van der Waals surface area contributed by atoms with Gasteiger partial charge >= 0.3 is 0 Å². The molecule has 0 atom stereocenters. The molecule has 0 spiro atoms. The van der Waals surface area contributed by atoms with E-state index in [9.17, 15) is 8.42 Å². The fourth-order valence-electron chi connectivity index (χ4n) is 1.41. The first kappa shape index (κ1) is 12.7. The van der Waals surface area contributed by atoms with Gasteiger partial charge in [0.25, 0.3) is 0 Å². The van der Waals surface area contributed by atoms with Crippen molar-refractivity contribution in [2.75, 3.05) is 18.6 Å². The van der Waals surface area contributed by atoms with Crippen LogP contribution >= 0.6 is 0 Å². The second-order valence-electron chi connectivity index (χ2n) is 3.56. The van der Waals surface area contributed by atoms with Crippen molar-refractivity contribution >= 4 is 21.2 Å². The predicted molar refractivity (Wildman–Crippen MR) is 66.2 cm³/mol. The summed E-state index contributed by atoms with van der Waals surface area (Å²) in [6.07, 6.45) is 1.74. The summed E-state index contributed by atoms with van der Waals surface area (Å²) in [5.41, 5.74) is 1.85. The molecule has 0 saturated carbocycles. The lowest BCUT2D eigenvalue weighted by atomic mass is 10.1. The van der Waals surface area contributed by atoms with E-state index >= 15 is 0 Å². The van der Waals surface area contributed by atoms with Crippen molar-refractivity contribution in [2.45, 2.75) is 18.2 Å². The number of hydrogen-bond donors (Lipinski definition) is 2. The number of rotatable bonds is 4. The number of hydrogen-bond acceptors (Lipinski definition) is 4. The molecule has 1 rings (SSSR count). The Morgan fingerprint density at radius 3 is 2.50 bits per heavy atom. The van der Waals surface area contributed by atoms with Crippen LogP contribution < -0.4 is 5.32 Å². The minimum atomic E-state index is -3.22. The number of benzene rings is 1. The summed E-state index contributed by atoms with van der Waals surface area (Å²) < 4.78 is 22.8. The molecule has 16 heavy (non-hydrogen) atoms. The molecule has 0 aliphatic carbocycles. The Hall–Kier alpha value is -1.36. The lowest BCUT2D eigenvalue weighted by Crippen LogP contribution is -2.06. The molecule has 4 nitrogen and oxygen atoms in total. The van der Waals surface area contributed by atoms with E-state index in [1.165, 1.54) is 6.26 Å². The average Bonchev–Trinajstić information content (AvgIpc) is 2.25. The maximum atomic E-state index is 11.4. The Labute approximate surface area is 96.1 Å². The van der Waals surface area contributed by atoms with E-state index in [0.29, 0.717) is 17.7 Å². The molecule has 88 valence electrons. The molecule has 0 aliphatic heterocycles. The first-order valence-corrected chi connectivity index (χ1v) is 6.89. The van der Waals surface area contributed by atoms with Gasteiger partial charge in [-0.15, -0.1) is 0 Å². The molecule has 0 amide bonds. The lowest BCUT2D eigenvalue weighted by Gasteiger charge is -2.10. The zero-order chi connectivity index (χ0) is 12.3. The molecule has 0 aliphatic rings. The van der Waals surface area contributed by atoms with Crippen LogP contribution in [0.15, 0.2) is 23.1 Å². The molecular weight excluding hydrogens is 224 g/mol. The van der Waals surface area contributed by atoms with E-state index < -0.39 is 9.84 Å². The molecular formula is C11H16N2O2S. The van der Waals surface area contributed by atoms with Gasteiger partial charge in [0.15, 0.2) is 9.84 Å². The van der Waals surface area contributed by atoms with Crippen LogP contribution in [0.3, 0.4) is 0 Å². The first-order chi connectivity index (χ1) is 7.40. The molecule has 0 aromatic heterocycles. The third-order valence-corrected chi connectivity index (χ3v) is 3.48. The standard InChI is InChI=1S/C11H16N2O2S/c1-4-10(12)9-7-8(16(3,14)15)5-6-11(9)13-2/h5-7,12-13H,4H2,1-3H3. The third-order valence-electron chi connectivity index (χ3n) is 2.37. The maximum absolute atomic E-state index is 11.4. The van der Waals surface area contributed by atoms with Crippen LogP contribution in [-0.2, 0) is 9.84 Å². The quantitative estimate of drug-likeness (QED) is 0.790. The van der Waals surface area contributed by atoms with Crippen LogP contribution in [-0.4, -0.2) is 27.4 Å². The summed E-state index contributed by atoms with van der Waals surface area (Å²) in [4.78, 5) is 0.250. The fraction of sp³-hybridized carbons (Fsp3) is 0.364. The van der Waals surface area contributed by atoms with Crippen molar-refractivity contribution in [1.29, 1.82) is 5.41 Å². The van der Waals surface area contributed by atoms with Crippen LogP contribution in [0, 0.1) is 5.41 Å². The fourth-order valence-corrected chi connectivity index (χ4v) is 2.06. The summed E-state index contributed by atoms with van der Waals surface area (Å²) in [7, 11) is -1.46. The number of nitrogens with one attached hydrogen (secondary N) is 2. The molecule has 0 bridgehead atoms. The number of sulfone groups is 1.